The fraction of sp³-hybridized carbons (Fsp3) is 0.500. The van der Waals surface area contributed by atoms with E-state index in [1.54, 1.807) is 19.1 Å². The minimum atomic E-state index is -0.205. The second-order valence-electron chi connectivity index (χ2n) is 6.54. The van der Waals surface area contributed by atoms with E-state index in [4.69, 9.17) is 4.74 Å². The van der Waals surface area contributed by atoms with Crippen LogP contribution in [0.4, 0.5) is 0 Å². The number of benzene rings is 1. The highest BCUT2D eigenvalue weighted by molar-refractivity contribution is 5.97. The monoisotopic (exact) mass is 341 g/mol. The van der Waals surface area contributed by atoms with E-state index in [1.165, 1.54) is 12.6 Å². The maximum absolute atomic E-state index is 12.6. The highest BCUT2D eigenvalue weighted by Crippen LogP contribution is 2.23. The van der Waals surface area contributed by atoms with Crippen LogP contribution in [0.5, 0.6) is 5.75 Å². The van der Waals surface area contributed by atoms with Gasteiger partial charge in [-0.05, 0) is 37.5 Å². The van der Waals surface area contributed by atoms with Crippen molar-refractivity contribution in [2.24, 2.45) is 0 Å². The molecule has 1 aliphatic carbocycles. The van der Waals surface area contributed by atoms with Crippen LogP contribution >= 0.6 is 0 Å². The first kappa shape index (κ1) is 18.9. The summed E-state index contributed by atoms with van der Waals surface area (Å²) < 4.78 is 5.15. The van der Waals surface area contributed by atoms with Gasteiger partial charge in [0, 0.05) is 25.3 Å². The summed E-state index contributed by atoms with van der Waals surface area (Å²) >= 11 is 0. The van der Waals surface area contributed by atoms with E-state index in [-0.39, 0.29) is 23.6 Å². The van der Waals surface area contributed by atoms with E-state index < -0.39 is 0 Å². The molecule has 1 amide bonds. The summed E-state index contributed by atoms with van der Waals surface area (Å²) in [6.07, 6.45) is 7.13. The maximum atomic E-state index is 12.6. The quantitative estimate of drug-likeness (QED) is 0.635. The average molecular weight is 341 g/mol. The Morgan fingerprint density at radius 2 is 1.96 bits per heavy atom. The van der Waals surface area contributed by atoms with Gasteiger partial charge in [0.15, 0.2) is 0 Å². The summed E-state index contributed by atoms with van der Waals surface area (Å²) in [6, 6.07) is 9.99. The third-order valence-corrected chi connectivity index (χ3v) is 4.89. The third kappa shape index (κ3) is 4.99. The average Bonchev–Trinajstić information content (AvgIpc) is 2.68. The molecular weight excluding hydrogens is 314 g/mol. The van der Waals surface area contributed by atoms with Crippen molar-refractivity contribution < 1.29 is 9.53 Å². The topological polar surface area (TPSA) is 65.4 Å². The van der Waals surface area contributed by atoms with Gasteiger partial charge < -0.3 is 15.0 Å². The third-order valence-electron chi connectivity index (χ3n) is 4.89. The number of carbonyl (C=O) groups is 1. The summed E-state index contributed by atoms with van der Waals surface area (Å²) in [4.78, 5) is 14.3. The number of nitriles is 1. The molecule has 1 fully saturated rings. The zero-order chi connectivity index (χ0) is 18.2. The molecular formula is C20H27N3O2. The zero-order valence-electron chi connectivity index (χ0n) is 15.3. The number of rotatable bonds is 6. The number of ether oxygens (including phenoxy) is 1. The first-order valence-corrected chi connectivity index (χ1v) is 8.84. The Hall–Kier alpha value is -2.48. The molecule has 25 heavy (non-hydrogen) atoms. The van der Waals surface area contributed by atoms with Crippen LogP contribution in [0.2, 0.25) is 0 Å². The molecule has 1 aromatic rings. The fourth-order valence-corrected chi connectivity index (χ4v) is 3.16. The number of nitrogens with one attached hydrogen (secondary N) is 1. The second kappa shape index (κ2) is 9.12. The second-order valence-corrected chi connectivity index (χ2v) is 6.54. The predicted molar refractivity (Wildman–Crippen MR) is 97.9 cm³/mol. The van der Waals surface area contributed by atoms with Gasteiger partial charge in [0.25, 0.3) is 5.91 Å². The van der Waals surface area contributed by atoms with Crippen LogP contribution in [0.15, 0.2) is 36.0 Å². The SMILES string of the molecule is COc1ccc(C(C)N/C=C(/C#N)C(=O)N(C)C2CCCCC2)cc1. The van der Waals surface area contributed by atoms with Gasteiger partial charge in [0.1, 0.15) is 17.4 Å². The molecule has 1 aliphatic rings. The predicted octanol–water partition coefficient (Wildman–Crippen LogP) is 3.54. The van der Waals surface area contributed by atoms with Crippen molar-refractivity contribution in [2.75, 3.05) is 14.2 Å². The molecule has 0 radical (unpaired) electrons. The maximum Gasteiger partial charge on any atom is 0.265 e. The van der Waals surface area contributed by atoms with Gasteiger partial charge in [0.2, 0.25) is 0 Å². The highest BCUT2D eigenvalue weighted by Gasteiger charge is 2.24. The lowest BCUT2D eigenvalue weighted by atomic mass is 9.94. The number of hydrogen-bond donors (Lipinski definition) is 1. The van der Waals surface area contributed by atoms with E-state index >= 15 is 0 Å². The Labute approximate surface area is 150 Å². The van der Waals surface area contributed by atoms with E-state index in [2.05, 4.69) is 5.32 Å². The smallest absolute Gasteiger partial charge is 0.265 e. The number of methoxy groups -OCH3 is 1. The molecule has 0 aliphatic heterocycles. The number of nitrogens with zero attached hydrogens (tertiary/aromatic N) is 2. The Balaban J connectivity index is 2.00. The molecule has 134 valence electrons. The lowest BCUT2D eigenvalue weighted by molar-refractivity contribution is -0.128. The van der Waals surface area contributed by atoms with Crippen molar-refractivity contribution in [2.45, 2.75) is 51.1 Å². The first-order chi connectivity index (χ1) is 12.1. The van der Waals surface area contributed by atoms with Crippen LogP contribution in [-0.2, 0) is 4.79 Å². The van der Waals surface area contributed by atoms with Gasteiger partial charge in [-0.25, -0.2) is 0 Å². The van der Waals surface area contributed by atoms with Crippen molar-refractivity contribution in [1.29, 1.82) is 5.26 Å². The Morgan fingerprint density at radius 1 is 1.32 bits per heavy atom. The van der Waals surface area contributed by atoms with Crippen LogP contribution in [0.3, 0.4) is 0 Å². The van der Waals surface area contributed by atoms with Gasteiger partial charge in [0.05, 0.1) is 7.11 Å². The van der Waals surface area contributed by atoms with Gasteiger partial charge in [-0.2, -0.15) is 5.26 Å². The van der Waals surface area contributed by atoms with Gasteiger partial charge in [-0.1, -0.05) is 31.4 Å². The van der Waals surface area contributed by atoms with Crippen LogP contribution in [0, 0.1) is 11.3 Å². The molecule has 5 heteroatoms. The summed E-state index contributed by atoms with van der Waals surface area (Å²) in [7, 11) is 3.43. The standard InChI is InChI=1S/C20H27N3O2/c1-15(16-9-11-19(25-3)12-10-16)22-14-17(13-21)20(24)23(2)18-7-5-4-6-8-18/h9-12,14-15,18,22H,4-8H2,1-3H3/b17-14-. The van der Waals surface area contributed by atoms with Crippen molar-refractivity contribution in [1.82, 2.24) is 10.2 Å². The van der Waals surface area contributed by atoms with Crippen LogP contribution in [0.1, 0.15) is 50.6 Å². The van der Waals surface area contributed by atoms with Crippen molar-refractivity contribution in [3.8, 4) is 11.8 Å². The molecule has 1 N–H and O–H groups in total. The number of carbonyl (C=O) groups excluding carboxylic acids is 1. The fourth-order valence-electron chi connectivity index (χ4n) is 3.16. The van der Waals surface area contributed by atoms with E-state index in [0.717, 1.165) is 37.0 Å². The molecule has 0 aromatic heterocycles. The number of amides is 1. The molecule has 1 atom stereocenters. The van der Waals surface area contributed by atoms with Crippen LogP contribution < -0.4 is 10.1 Å². The Kier molecular flexibility index (Phi) is 6.88. The molecule has 0 spiro atoms. The van der Waals surface area contributed by atoms with Crippen molar-refractivity contribution >= 4 is 5.91 Å². The lowest BCUT2D eigenvalue weighted by Gasteiger charge is -2.31. The van der Waals surface area contributed by atoms with E-state index in [9.17, 15) is 10.1 Å². The van der Waals surface area contributed by atoms with E-state index in [0.29, 0.717) is 0 Å². The normalized spacial score (nSPS) is 16.6. The van der Waals surface area contributed by atoms with Crippen LogP contribution in [-0.4, -0.2) is 31.0 Å². The molecule has 1 saturated carbocycles. The van der Waals surface area contributed by atoms with Crippen molar-refractivity contribution in [3.63, 3.8) is 0 Å². The minimum absolute atomic E-state index is 0.0120. The highest BCUT2D eigenvalue weighted by atomic mass is 16.5. The number of likely N-dealkylation sites (N-methyl/N-ethyl adjacent to an activating group) is 1. The summed E-state index contributed by atoms with van der Waals surface area (Å²) in [6.45, 7) is 1.99. The van der Waals surface area contributed by atoms with Crippen molar-refractivity contribution in [3.05, 3.63) is 41.6 Å². The molecule has 1 aromatic carbocycles. The van der Waals surface area contributed by atoms with Crippen LogP contribution in [0.25, 0.3) is 0 Å². The lowest BCUT2D eigenvalue weighted by Crippen LogP contribution is -2.39. The van der Waals surface area contributed by atoms with Gasteiger partial charge in [-0.3, -0.25) is 4.79 Å². The largest absolute Gasteiger partial charge is 0.497 e. The molecule has 5 nitrogen and oxygen atoms in total. The summed E-state index contributed by atoms with van der Waals surface area (Å²) in [5.41, 5.74) is 1.20. The molecule has 0 saturated heterocycles. The molecule has 0 bridgehead atoms. The first-order valence-electron chi connectivity index (χ1n) is 8.84. The molecule has 2 rings (SSSR count). The van der Waals surface area contributed by atoms with E-state index in [1.807, 2.05) is 37.3 Å². The van der Waals surface area contributed by atoms with Gasteiger partial charge >= 0.3 is 0 Å². The zero-order valence-corrected chi connectivity index (χ0v) is 15.3. The minimum Gasteiger partial charge on any atom is -0.497 e. The Morgan fingerprint density at radius 3 is 2.52 bits per heavy atom. The summed E-state index contributed by atoms with van der Waals surface area (Å²) in [5, 5.41) is 12.5. The Bertz CT molecular complexity index is 640. The molecule has 1 unspecified atom stereocenters. The summed E-state index contributed by atoms with van der Waals surface area (Å²) in [5.74, 6) is 0.595. The number of hydrogen-bond acceptors (Lipinski definition) is 4. The molecule has 0 heterocycles. The van der Waals surface area contributed by atoms with Gasteiger partial charge in [-0.15, -0.1) is 0 Å².